The molecule has 0 aliphatic rings. The molecule has 1 unspecified atom stereocenters. The zero-order chi connectivity index (χ0) is 16.7. The van der Waals surface area contributed by atoms with Crippen LogP contribution in [0.25, 0.3) is 0 Å². The van der Waals surface area contributed by atoms with Gasteiger partial charge >= 0.3 is 5.97 Å². The van der Waals surface area contributed by atoms with Crippen molar-refractivity contribution in [1.29, 1.82) is 0 Å². The van der Waals surface area contributed by atoms with Crippen LogP contribution >= 0.6 is 0 Å². The van der Waals surface area contributed by atoms with Crippen LogP contribution in [-0.4, -0.2) is 25.0 Å². The summed E-state index contributed by atoms with van der Waals surface area (Å²) in [6.45, 7) is 0. The Balaban J connectivity index is 2.00. The Labute approximate surface area is 134 Å². The molecule has 0 saturated carbocycles. The predicted molar refractivity (Wildman–Crippen MR) is 84.2 cm³/mol. The Morgan fingerprint density at radius 3 is 2.30 bits per heavy atom. The first-order valence-corrected chi connectivity index (χ1v) is 7.24. The monoisotopic (exact) mass is 315 g/mol. The standard InChI is InChI=1S/C18H18FNO3/c1-23-18(22)16(11-13-5-3-2-4-6-13)20-17(21)12-14-7-9-15(19)10-8-14/h2-10,16H,11-12H2,1H3,(H,20,21). The average molecular weight is 315 g/mol. The first kappa shape index (κ1) is 16.7. The fourth-order valence-corrected chi connectivity index (χ4v) is 2.22. The van der Waals surface area contributed by atoms with Crippen molar-refractivity contribution >= 4 is 11.9 Å². The summed E-state index contributed by atoms with van der Waals surface area (Å²) in [7, 11) is 1.28. The molecule has 0 heterocycles. The maximum atomic E-state index is 12.9. The van der Waals surface area contributed by atoms with E-state index in [9.17, 15) is 14.0 Å². The van der Waals surface area contributed by atoms with Crippen molar-refractivity contribution in [3.8, 4) is 0 Å². The molecule has 0 spiro atoms. The van der Waals surface area contributed by atoms with Gasteiger partial charge in [0.1, 0.15) is 11.9 Å². The molecule has 0 bridgehead atoms. The molecular weight excluding hydrogens is 297 g/mol. The second-order valence-electron chi connectivity index (χ2n) is 5.14. The highest BCUT2D eigenvalue weighted by atomic mass is 19.1. The number of esters is 1. The van der Waals surface area contributed by atoms with E-state index in [2.05, 4.69) is 5.32 Å². The highest BCUT2D eigenvalue weighted by molar-refractivity contribution is 5.85. The molecule has 0 radical (unpaired) electrons. The number of carbonyl (C=O) groups excluding carboxylic acids is 2. The van der Waals surface area contributed by atoms with Gasteiger partial charge in [0.05, 0.1) is 13.5 Å². The summed E-state index contributed by atoms with van der Waals surface area (Å²) in [6.07, 6.45) is 0.422. The van der Waals surface area contributed by atoms with Gasteiger partial charge in [-0.15, -0.1) is 0 Å². The first-order chi connectivity index (χ1) is 11.1. The Kier molecular flexibility index (Phi) is 5.86. The Hall–Kier alpha value is -2.69. The van der Waals surface area contributed by atoms with Crippen molar-refractivity contribution in [2.24, 2.45) is 0 Å². The van der Waals surface area contributed by atoms with Crippen molar-refractivity contribution < 1.29 is 18.7 Å². The number of rotatable bonds is 6. The van der Waals surface area contributed by atoms with E-state index in [-0.39, 0.29) is 18.1 Å². The predicted octanol–water partition coefficient (Wildman–Crippen LogP) is 2.27. The molecule has 5 heteroatoms. The second kappa shape index (κ2) is 8.08. The molecule has 23 heavy (non-hydrogen) atoms. The van der Waals surface area contributed by atoms with Crippen molar-refractivity contribution in [2.45, 2.75) is 18.9 Å². The average Bonchev–Trinajstić information content (AvgIpc) is 2.56. The van der Waals surface area contributed by atoms with Gasteiger partial charge in [0.2, 0.25) is 5.91 Å². The fourth-order valence-electron chi connectivity index (χ4n) is 2.22. The van der Waals surface area contributed by atoms with E-state index in [0.717, 1.165) is 5.56 Å². The fraction of sp³-hybridized carbons (Fsp3) is 0.222. The summed E-state index contributed by atoms with van der Waals surface area (Å²) in [5.74, 6) is -1.17. The van der Waals surface area contributed by atoms with Crippen molar-refractivity contribution in [3.05, 3.63) is 71.5 Å². The lowest BCUT2D eigenvalue weighted by molar-refractivity contribution is -0.145. The number of halogens is 1. The van der Waals surface area contributed by atoms with E-state index in [0.29, 0.717) is 12.0 Å². The summed E-state index contributed by atoms with van der Waals surface area (Å²) in [4.78, 5) is 24.0. The molecule has 0 fully saturated rings. The quantitative estimate of drug-likeness (QED) is 0.832. The van der Waals surface area contributed by atoms with Crippen LogP contribution in [0.3, 0.4) is 0 Å². The number of methoxy groups -OCH3 is 1. The van der Waals surface area contributed by atoms with E-state index in [1.807, 2.05) is 30.3 Å². The van der Waals surface area contributed by atoms with Gasteiger partial charge in [0.25, 0.3) is 0 Å². The zero-order valence-electron chi connectivity index (χ0n) is 12.8. The lowest BCUT2D eigenvalue weighted by atomic mass is 10.1. The summed E-state index contributed by atoms with van der Waals surface area (Å²) in [5, 5.41) is 2.67. The van der Waals surface area contributed by atoms with E-state index in [1.54, 1.807) is 12.1 Å². The molecule has 2 aromatic carbocycles. The van der Waals surface area contributed by atoms with Crippen LogP contribution in [0.5, 0.6) is 0 Å². The van der Waals surface area contributed by atoms with Crippen molar-refractivity contribution in [3.63, 3.8) is 0 Å². The van der Waals surface area contributed by atoms with Crippen LogP contribution in [0.1, 0.15) is 11.1 Å². The number of carbonyl (C=O) groups is 2. The van der Waals surface area contributed by atoms with Gasteiger partial charge in [-0.2, -0.15) is 0 Å². The van der Waals surface area contributed by atoms with Gasteiger partial charge in [0, 0.05) is 6.42 Å². The van der Waals surface area contributed by atoms with Gasteiger partial charge in [-0.1, -0.05) is 42.5 Å². The molecule has 2 aromatic rings. The zero-order valence-corrected chi connectivity index (χ0v) is 12.8. The molecule has 1 N–H and O–H groups in total. The van der Waals surface area contributed by atoms with Gasteiger partial charge < -0.3 is 10.1 Å². The third-order valence-electron chi connectivity index (χ3n) is 3.38. The molecular formula is C18H18FNO3. The number of hydrogen-bond acceptors (Lipinski definition) is 3. The molecule has 1 atom stereocenters. The first-order valence-electron chi connectivity index (χ1n) is 7.24. The van der Waals surface area contributed by atoms with Crippen LogP contribution in [0.15, 0.2) is 54.6 Å². The maximum Gasteiger partial charge on any atom is 0.328 e. The van der Waals surface area contributed by atoms with Crippen LogP contribution < -0.4 is 5.32 Å². The molecule has 2 rings (SSSR count). The SMILES string of the molecule is COC(=O)C(Cc1ccccc1)NC(=O)Cc1ccc(F)cc1. The van der Waals surface area contributed by atoms with Crippen LogP contribution in [0.2, 0.25) is 0 Å². The summed E-state index contributed by atoms with van der Waals surface area (Å²) in [6, 6.07) is 14.3. The minimum absolute atomic E-state index is 0.0720. The number of benzene rings is 2. The smallest absolute Gasteiger partial charge is 0.328 e. The van der Waals surface area contributed by atoms with Gasteiger partial charge in [0.15, 0.2) is 0 Å². The van der Waals surface area contributed by atoms with E-state index in [4.69, 9.17) is 4.74 Å². The minimum Gasteiger partial charge on any atom is -0.467 e. The molecule has 0 aliphatic carbocycles. The molecule has 0 aromatic heterocycles. The highest BCUT2D eigenvalue weighted by Gasteiger charge is 2.21. The van der Waals surface area contributed by atoms with Crippen molar-refractivity contribution in [2.75, 3.05) is 7.11 Å². The summed E-state index contributed by atoms with van der Waals surface area (Å²) < 4.78 is 17.6. The number of nitrogens with one attached hydrogen (secondary N) is 1. The molecule has 4 nitrogen and oxygen atoms in total. The Morgan fingerprint density at radius 2 is 1.70 bits per heavy atom. The lowest BCUT2D eigenvalue weighted by Gasteiger charge is -2.16. The normalized spacial score (nSPS) is 11.6. The Morgan fingerprint density at radius 1 is 1.04 bits per heavy atom. The van der Waals surface area contributed by atoms with E-state index in [1.165, 1.54) is 19.2 Å². The molecule has 120 valence electrons. The summed E-state index contributed by atoms with van der Waals surface area (Å²) >= 11 is 0. The highest BCUT2D eigenvalue weighted by Crippen LogP contribution is 2.07. The number of ether oxygens (including phenoxy) is 1. The van der Waals surface area contributed by atoms with Crippen LogP contribution in [0.4, 0.5) is 4.39 Å². The van der Waals surface area contributed by atoms with E-state index < -0.39 is 12.0 Å². The maximum absolute atomic E-state index is 12.9. The number of amides is 1. The molecule has 0 saturated heterocycles. The van der Waals surface area contributed by atoms with Gasteiger partial charge in [-0.05, 0) is 23.3 Å². The largest absolute Gasteiger partial charge is 0.467 e. The second-order valence-corrected chi connectivity index (χ2v) is 5.14. The van der Waals surface area contributed by atoms with Crippen LogP contribution in [0, 0.1) is 5.82 Å². The van der Waals surface area contributed by atoms with Gasteiger partial charge in [-0.25, -0.2) is 9.18 Å². The van der Waals surface area contributed by atoms with E-state index >= 15 is 0 Å². The topological polar surface area (TPSA) is 55.4 Å². The van der Waals surface area contributed by atoms with Crippen molar-refractivity contribution in [1.82, 2.24) is 5.32 Å². The van der Waals surface area contributed by atoms with Gasteiger partial charge in [-0.3, -0.25) is 4.79 Å². The third kappa shape index (κ3) is 5.21. The minimum atomic E-state index is -0.754. The lowest BCUT2D eigenvalue weighted by Crippen LogP contribution is -2.43. The molecule has 0 aliphatic heterocycles. The summed E-state index contributed by atoms with van der Waals surface area (Å²) in [5.41, 5.74) is 1.59. The Bertz CT molecular complexity index is 656. The van der Waals surface area contributed by atoms with Crippen LogP contribution in [-0.2, 0) is 27.2 Å². The number of hydrogen-bond donors (Lipinski definition) is 1. The molecule has 1 amide bonds. The third-order valence-corrected chi connectivity index (χ3v) is 3.38.